The van der Waals surface area contributed by atoms with E-state index >= 15 is 0 Å². The third-order valence-electron chi connectivity index (χ3n) is 6.71. The Morgan fingerprint density at radius 1 is 0.958 bits per heavy atom. The van der Waals surface area contributed by atoms with Crippen molar-refractivity contribution in [3.63, 3.8) is 0 Å². The standard InChI is InChI=1S/C19H35NO4/c21-4-2-20(3-5-22)13-18(23)14-24-6-1-19-10-15-7-16(11-19)9-17(8-15)12-19/h15-18,21-23H,1-14H2/p+1/t15?,16?,17?,18-,19?/m0/s1. The van der Waals surface area contributed by atoms with E-state index in [1.807, 2.05) is 0 Å². The number of hydrogen-bond donors (Lipinski definition) is 4. The van der Waals surface area contributed by atoms with Crippen LogP contribution in [-0.2, 0) is 4.74 Å². The summed E-state index contributed by atoms with van der Waals surface area (Å²) in [6.45, 7) is 2.93. The van der Waals surface area contributed by atoms with Crippen molar-refractivity contribution in [3.05, 3.63) is 0 Å². The molecular formula is C19H36NO4+. The molecular weight excluding hydrogens is 306 g/mol. The van der Waals surface area contributed by atoms with E-state index in [4.69, 9.17) is 14.9 Å². The van der Waals surface area contributed by atoms with E-state index in [2.05, 4.69) is 0 Å². The first-order valence-corrected chi connectivity index (χ1v) is 9.93. The molecule has 0 aromatic heterocycles. The van der Waals surface area contributed by atoms with Crippen molar-refractivity contribution in [1.82, 2.24) is 0 Å². The van der Waals surface area contributed by atoms with Gasteiger partial charge in [0.15, 0.2) is 0 Å². The minimum Gasteiger partial charge on any atom is -0.391 e. The van der Waals surface area contributed by atoms with Crippen LogP contribution in [0, 0.1) is 23.2 Å². The Hall–Kier alpha value is -0.200. The molecule has 4 aliphatic rings. The fraction of sp³-hybridized carbons (Fsp3) is 1.00. The van der Waals surface area contributed by atoms with Crippen LogP contribution in [0.25, 0.3) is 0 Å². The summed E-state index contributed by atoms with van der Waals surface area (Å²) < 4.78 is 5.80. The van der Waals surface area contributed by atoms with Crippen LogP contribution in [0.1, 0.15) is 44.9 Å². The van der Waals surface area contributed by atoms with Crippen molar-refractivity contribution in [2.45, 2.75) is 51.0 Å². The highest BCUT2D eigenvalue weighted by Gasteiger charge is 2.50. The van der Waals surface area contributed by atoms with E-state index in [1.54, 1.807) is 0 Å². The molecule has 140 valence electrons. The topological polar surface area (TPSA) is 74.4 Å². The Morgan fingerprint density at radius 3 is 2.00 bits per heavy atom. The van der Waals surface area contributed by atoms with Crippen LogP contribution in [0.2, 0.25) is 0 Å². The highest BCUT2D eigenvalue weighted by molar-refractivity contribution is 5.01. The van der Waals surface area contributed by atoms with Crippen molar-refractivity contribution in [3.8, 4) is 0 Å². The van der Waals surface area contributed by atoms with Crippen LogP contribution < -0.4 is 4.90 Å². The quantitative estimate of drug-likeness (QED) is 0.394. The van der Waals surface area contributed by atoms with Crippen LogP contribution in [0.4, 0.5) is 0 Å². The Balaban J connectivity index is 1.35. The fourth-order valence-electron chi connectivity index (χ4n) is 6.14. The van der Waals surface area contributed by atoms with Gasteiger partial charge in [-0.05, 0) is 68.1 Å². The third-order valence-corrected chi connectivity index (χ3v) is 6.71. The van der Waals surface area contributed by atoms with Gasteiger partial charge in [0.1, 0.15) is 25.7 Å². The minimum atomic E-state index is -0.519. The van der Waals surface area contributed by atoms with Crippen molar-refractivity contribution in [2.24, 2.45) is 23.2 Å². The van der Waals surface area contributed by atoms with Gasteiger partial charge in [0.25, 0.3) is 0 Å². The van der Waals surface area contributed by atoms with Gasteiger partial charge in [0.05, 0.1) is 19.8 Å². The van der Waals surface area contributed by atoms with Gasteiger partial charge in [-0.3, -0.25) is 0 Å². The first-order chi connectivity index (χ1) is 11.6. The van der Waals surface area contributed by atoms with Crippen LogP contribution in [-0.4, -0.2) is 67.5 Å². The van der Waals surface area contributed by atoms with Gasteiger partial charge < -0.3 is 25.0 Å². The average Bonchev–Trinajstić information content (AvgIpc) is 2.51. The summed E-state index contributed by atoms with van der Waals surface area (Å²) in [7, 11) is 0. The normalized spacial score (nSPS) is 35.8. The molecule has 0 radical (unpaired) electrons. The molecule has 0 amide bonds. The Kier molecular flexibility index (Phi) is 6.55. The van der Waals surface area contributed by atoms with Crippen molar-refractivity contribution < 1.29 is 25.0 Å². The first-order valence-electron chi connectivity index (χ1n) is 9.93. The summed E-state index contributed by atoms with van der Waals surface area (Å²) in [4.78, 5) is 1.03. The SMILES string of the molecule is OCC[NH+](CCO)C[C@H](O)COCCC12CC3CC(CC(C3)C1)C2. The van der Waals surface area contributed by atoms with Crippen molar-refractivity contribution in [2.75, 3.05) is 46.1 Å². The molecule has 4 aliphatic carbocycles. The van der Waals surface area contributed by atoms with Gasteiger partial charge in [0, 0.05) is 6.61 Å². The molecule has 5 nitrogen and oxygen atoms in total. The second-order valence-corrected chi connectivity index (χ2v) is 8.80. The van der Waals surface area contributed by atoms with Gasteiger partial charge >= 0.3 is 0 Å². The molecule has 0 saturated heterocycles. The molecule has 0 spiro atoms. The lowest BCUT2D eigenvalue weighted by atomic mass is 9.49. The maximum atomic E-state index is 10.1. The number of hydrogen-bond acceptors (Lipinski definition) is 4. The Morgan fingerprint density at radius 2 is 1.50 bits per heavy atom. The smallest absolute Gasteiger partial charge is 0.126 e. The van der Waals surface area contributed by atoms with Crippen LogP contribution in [0.3, 0.4) is 0 Å². The molecule has 0 aliphatic heterocycles. The summed E-state index contributed by atoms with van der Waals surface area (Å²) in [6, 6.07) is 0. The molecule has 0 aromatic rings. The minimum absolute atomic E-state index is 0.0783. The number of aliphatic hydroxyl groups excluding tert-OH is 3. The van der Waals surface area contributed by atoms with Gasteiger partial charge in [-0.1, -0.05) is 0 Å². The van der Waals surface area contributed by atoms with E-state index in [-0.39, 0.29) is 13.2 Å². The van der Waals surface area contributed by atoms with Gasteiger partial charge in [0.2, 0.25) is 0 Å². The van der Waals surface area contributed by atoms with Crippen molar-refractivity contribution in [1.29, 1.82) is 0 Å². The average molecular weight is 343 g/mol. The fourth-order valence-corrected chi connectivity index (χ4v) is 6.14. The predicted octanol–water partition coefficient (Wildman–Crippen LogP) is -0.160. The summed E-state index contributed by atoms with van der Waals surface area (Å²) in [5.74, 6) is 2.95. The van der Waals surface area contributed by atoms with Gasteiger partial charge in [-0.2, -0.15) is 0 Å². The largest absolute Gasteiger partial charge is 0.391 e. The van der Waals surface area contributed by atoms with E-state index in [0.717, 1.165) is 35.7 Å². The molecule has 4 rings (SSSR count). The van der Waals surface area contributed by atoms with Gasteiger partial charge in [-0.25, -0.2) is 0 Å². The number of nitrogens with one attached hydrogen (secondary N) is 1. The highest BCUT2D eigenvalue weighted by atomic mass is 16.5. The van der Waals surface area contributed by atoms with E-state index in [9.17, 15) is 5.11 Å². The molecule has 24 heavy (non-hydrogen) atoms. The zero-order valence-corrected chi connectivity index (χ0v) is 15.0. The summed E-state index contributed by atoms with van der Waals surface area (Å²) in [5, 5.41) is 28.2. The third kappa shape index (κ3) is 4.70. The second-order valence-electron chi connectivity index (χ2n) is 8.80. The number of quaternary nitrogens is 1. The first kappa shape index (κ1) is 18.6. The lowest BCUT2D eigenvalue weighted by molar-refractivity contribution is -0.903. The Bertz CT molecular complexity index is 348. The maximum absolute atomic E-state index is 10.1. The number of ether oxygens (including phenoxy) is 1. The van der Waals surface area contributed by atoms with Crippen LogP contribution in [0.5, 0.6) is 0 Å². The summed E-state index contributed by atoms with van der Waals surface area (Å²) in [5.41, 5.74) is 0.546. The molecule has 4 saturated carbocycles. The molecule has 0 unspecified atom stereocenters. The monoisotopic (exact) mass is 342 g/mol. The lowest BCUT2D eigenvalue weighted by Gasteiger charge is -2.57. The van der Waals surface area contributed by atoms with Gasteiger partial charge in [-0.15, -0.1) is 0 Å². The molecule has 0 aromatic carbocycles. The van der Waals surface area contributed by atoms with Crippen LogP contribution >= 0.6 is 0 Å². The second kappa shape index (κ2) is 8.45. The molecule has 0 heterocycles. The lowest BCUT2D eigenvalue weighted by Crippen LogP contribution is -3.14. The molecule has 4 fully saturated rings. The predicted molar refractivity (Wildman–Crippen MR) is 91.8 cm³/mol. The zero-order chi connectivity index (χ0) is 17.0. The number of aliphatic hydroxyl groups is 3. The molecule has 5 heteroatoms. The Labute approximate surface area is 146 Å². The number of rotatable bonds is 11. The van der Waals surface area contributed by atoms with E-state index < -0.39 is 6.10 Å². The maximum Gasteiger partial charge on any atom is 0.126 e. The highest BCUT2D eigenvalue weighted by Crippen LogP contribution is 2.61. The van der Waals surface area contributed by atoms with E-state index in [1.165, 1.54) is 38.5 Å². The molecule has 4 N–H and O–H groups in total. The zero-order valence-electron chi connectivity index (χ0n) is 15.0. The van der Waals surface area contributed by atoms with E-state index in [0.29, 0.717) is 31.7 Å². The molecule has 4 bridgehead atoms. The molecule has 1 atom stereocenters. The summed E-state index contributed by atoms with van der Waals surface area (Å²) in [6.07, 6.45) is 9.32. The van der Waals surface area contributed by atoms with Crippen molar-refractivity contribution >= 4 is 0 Å². The van der Waals surface area contributed by atoms with Crippen LogP contribution in [0.15, 0.2) is 0 Å². The summed E-state index contributed by atoms with van der Waals surface area (Å²) >= 11 is 0.